The van der Waals surface area contributed by atoms with E-state index < -0.39 is 10.0 Å². The first-order valence-corrected chi connectivity index (χ1v) is 7.34. The maximum absolute atomic E-state index is 11.9. The van der Waals surface area contributed by atoms with Crippen molar-refractivity contribution in [1.29, 1.82) is 0 Å². The van der Waals surface area contributed by atoms with Crippen LogP contribution in [0.5, 0.6) is 5.75 Å². The van der Waals surface area contributed by atoms with Crippen LogP contribution in [0.3, 0.4) is 0 Å². The summed E-state index contributed by atoms with van der Waals surface area (Å²) in [6, 6.07) is 10.4. The van der Waals surface area contributed by atoms with Gasteiger partial charge in [0.05, 0.1) is 11.9 Å². The quantitative estimate of drug-likeness (QED) is 0.866. The predicted molar refractivity (Wildman–Crippen MR) is 71.8 cm³/mol. The van der Waals surface area contributed by atoms with Crippen molar-refractivity contribution in [3.05, 3.63) is 59.9 Å². The highest BCUT2D eigenvalue weighted by Gasteiger charge is 2.11. The van der Waals surface area contributed by atoms with Crippen LogP contribution in [0, 0.1) is 0 Å². The zero-order chi connectivity index (χ0) is 13.7. The third kappa shape index (κ3) is 4.35. The molecule has 5 nitrogen and oxygen atoms in total. The largest absolute Gasteiger partial charge is 0.506 e. The minimum Gasteiger partial charge on any atom is -0.506 e. The summed E-state index contributed by atoms with van der Waals surface area (Å²) in [6.45, 7) is 0.108. The maximum atomic E-state index is 11.9. The summed E-state index contributed by atoms with van der Waals surface area (Å²) >= 11 is 0. The van der Waals surface area contributed by atoms with Crippen molar-refractivity contribution in [2.24, 2.45) is 0 Å². The molecule has 0 bridgehead atoms. The summed E-state index contributed by atoms with van der Waals surface area (Å²) in [5.41, 5.74) is 1.33. The predicted octanol–water partition coefficient (Wildman–Crippen LogP) is 1.41. The van der Waals surface area contributed by atoms with Gasteiger partial charge in [-0.2, -0.15) is 0 Å². The zero-order valence-electron chi connectivity index (χ0n) is 10.2. The lowest BCUT2D eigenvalue weighted by Crippen LogP contribution is -2.24. The first kappa shape index (κ1) is 13.5. The molecule has 100 valence electrons. The molecule has 0 spiro atoms. The third-order valence-corrected chi connectivity index (χ3v) is 3.77. The number of nitrogens with zero attached hydrogens (tertiary/aromatic N) is 1. The molecule has 19 heavy (non-hydrogen) atoms. The van der Waals surface area contributed by atoms with Crippen molar-refractivity contribution >= 4 is 10.0 Å². The minimum atomic E-state index is -3.41. The second kappa shape index (κ2) is 5.81. The normalized spacial score (nSPS) is 11.4. The van der Waals surface area contributed by atoms with Gasteiger partial charge in [-0.25, -0.2) is 13.1 Å². The molecule has 2 aromatic rings. The molecule has 1 aromatic heterocycles. The molecule has 0 radical (unpaired) electrons. The van der Waals surface area contributed by atoms with E-state index in [1.807, 2.05) is 6.07 Å². The van der Waals surface area contributed by atoms with Crippen LogP contribution in [0.2, 0.25) is 0 Å². The van der Waals surface area contributed by atoms with Gasteiger partial charge in [0.2, 0.25) is 10.0 Å². The Hall–Kier alpha value is -1.92. The summed E-state index contributed by atoms with van der Waals surface area (Å²) in [6.07, 6.45) is 2.80. The number of sulfonamides is 1. The van der Waals surface area contributed by atoms with Crippen LogP contribution in [0.25, 0.3) is 0 Å². The second-order valence-electron chi connectivity index (χ2n) is 4.12. The van der Waals surface area contributed by atoms with Gasteiger partial charge in [0.1, 0.15) is 5.75 Å². The van der Waals surface area contributed by atoms with Crippen molar-refractivity contribution in [3.63, 3.8) is 0 Å². The second-order valence-corrected chi connectivity index (χ2v) is 5.92. The lowest BCUT2D eigenvalue weighted by atomic mass is 10.2. The van der Waals surface area contributed by atoms with Gasteiger partial charge < -0.3 is 5.11 Å². The lowest BCUT2D eigenvalue weighted by molar-refractivity contribution is 0.471. The van der Waals surface area contributed by atoms with E-state index in [-0.39, 0.29) is 18.0 Å². The van der Waals surface area contributed by atoms with Gasteiger partial charge in [-0.05, 0) is 17.2 Å². The molecule has 2 rings (SSSR count). The average molecular weight is 278 g/mol. The third-order valence-electron chi connectivity index (χ3n) is 2.48. The minimum absolute atomic E-state index is 0.0137. The fourth-order valence-corrected chi connectivity index (χ4v) is 2.73. The van der Waals surface area contributed by atoms with E-state index >= 15 is 0 Å². The molecule has 0 saturated heterocycles. The molecule has 1 heterocycles. The van der Waals surface area contributed by atoms with Gasteiger partial charge >= 0.3 is 0 Å². The fraction of sp³-hybridized carbons (Fsp3) is 0.154. The van der Waals surface area contributed by atoms with Gasteiger partial charge in [0.25, 0.3) is 0 Å². The molecule has 0 amide bonds. The number of hydrogen-bond donors (Lipinski definition) is 2. The fourth-order valence-electron chi connectivity index (χ4n) is 1.61. The highest BCUT2D eigenvalue weighted by molar-refractivity contribution is 7.88. The van der Waals surface area contributed by atoms with Crippen LogP contribution in [0.15, 0.2) is 48.8 Å². The number of nitrogens with one attached hydrogen (secondary N) is 1. The molecule has 0 aliphatic carbocycles. The van der Waals surface area contributed by atoms with Crippen molar-refractivity contribution < 1.29 is 13.5 Å². The number of benzene rings is 1. The molecule has 0 aliphatic heterocycles. The summed E-state index contributed by atoms with van der Waals surface area (Å²) in [7, 11) is -3.41. The molecule has 0 aliphatic rings. The Labute approximate surface area is 112 Å². The number of aromatic nitrogens is 1. The van der Waals surface area contributed by atoms with Crippen LogP contribution >= 0.6 is 0 Å². The lowest BCUT2D eigenvalue weighted by Gasteiger charge is -2.07. The van der Waals surface area contributed by atoms with Gasteiger partial charge in [-0.1, -0.05) is 30.3 Å². The molecule has 0 unspecified atom stereocenters. The Bertz CT molecular complexity index is 642. The molecule has 0 saturated carbocycles. The molecule has 2 N–H and O–H groups in total. The van der Waals surface area contributed by atoms with Gasteiger partial charge in [0, 0.05) is 12.7 Å². The number of pyridine rings is 1. The van der Waals surface area contributed by atoms with Gasteiger partial charge in [0.15, 0.2) is 0 Å². The highest BCUT2D eigenvalue weighted by Crippen LogP contribution is 2.09. The van der Waals surface area contributed by atoms with E-state index in [2.05, 4.69) is 9.71 Å². The first-order valence-electron chi connectivity index (χ1n) is 5.69. The highest BCUT2D eigenvalue weighted by atomic mass is 32.2. The molecule has 6 heteroatoms. The van der Waals surface area contributed by atoms with Gasteiger partial charge in [-0.15, -0.1) is 0 Å². The summed E-state index contributed by atoms with van der Waals surface area (Å²) < 4.78 is 26.2. The van der Waals surface area contributed by atoms with Crippen LogP contribution in [0.1, 0.15) is 11.1 Å². The number of aromatic hydroxyl groups is 1. The molecule has 0 fully saturated rings. The first-order chi connectivity index (χ1) is 9.05. The molecule has 1 aromatic carbocycles. The zero-order valence-corrected chi connectivity index (χ0v) is 11.0. The van der Waals surface area contributed by atoms with E-state index in [0.29, 0.717) is 5.56 Å². The topological polar surface area (TPSA) is 79.3 Å². The Morgan fingerprint density at radius 1 is 1.11 bits per heavy atom. The van der Waals surface area contributed by atoms with E-state index in [1.165, 1.54) is 18.5 Å². The van der Waals surface area contributed by atoms with E-state index in [1.54, 1.807) is 24.3 Å². The summed E-state index contributed by atoms with van der Waals surface area (Å²) in [5, 5.41) is 9.24. The Morgan fingerprint density at radius 3 is 2.53 bits per heavy atom. The Balaban J connectivity index is 1.98. The molecular weight excluding hydrogens is 264 g/mol. The average Bonchev–Trinajstić information content (AvgIpc) is 2.37. The van der Waals surface area contributed by atoms with Crippen LogP contribution in [-0.4, -0.2) is 18.5 Å². The van der Waals surface area contributed by atoms with E-state index in [9.17, 15) is 13.5 Å². The molecular formula is C13H14N2O3S. The van der Waals surface area contributed by atoms with Crippen LogP contribution in [-0.2, 0) is 22.3 Å². The Kier molecular flexibility index (Phi) is 4.13. The van der Waals surface area contributed by atoms with Crippen LogP contribution < -0.4 is 4.72 Å². The SMILES string of the molecule is O=S(=O)(Cc1ccccc1)NCc1cncc(O)c1. The van der Waals surface area contributed by atoms with Crippen molar-refractivity contribution in [2.75, 3.05) is 0 Å². The monoisotopic (exact) mass is 278 g/mol. The maximum Gasteiger partial charge on any atom is 0.216 e. The smallest absolute Gasteiger partial charge is 0.216 e. The number of rotatable bonds is 5. The van der Waals surface area contributed by atoms with Crippen molar-refractivity contribution in [3.8, 4) is 5.75 Å². The standard InChI is InChI=1S/C13H14N2O3S/c16-13-6-12(7-14-9-13)8-15-19(17,18)10-11-4-2-1-3-5-11/h1-7,9,15-16H,8,10H2. The summed E-state index contributed by atoms with van der Waals surface area (Å²) in [5.74, 6) is -0.0557. The van der Waals surface area contributed by atoms with Crippen molar-refractivity contribution in [1.82, 2.24) is 9.71 Å². The van der Waals surface area contributed by atoms with Crippen molar-refractivity contribution in [2.45, 2.75) is 12.3 Å². The Morgan fingerprint density at radius 2 is 1.84 bits per heavy atom. The van der Waals surface area contributed by atoms with Gasteiger partial charge in [-0.3, -0.25) is 4.98 Å². The van der Waals surface area contributed by atoms with Crippen LogP contribution in [0.4, 0.5) is 0 Å². The summed E-state index contributed by atoms with van der Waals surface area (Å²) in [4.78, 5) is 3.78. The molecule has 0 atom stereocenters. The van der Waals surface area contributed by atoms with E-state index in [0.717, 1.165) is 5.56 Å². The van der Waals surface area contributed by atoms with E-state index in [4.69, 9.17) is 0 Å². The number of hydrogen-bond acceptors (Lipinski definition) is 4.